The summed E-state index contributed by atoms with van der Waals surface area (Å²) in [6, 6.07) is 1.90. The number of esters is 1. The molecule has 0 atom stereocenters. The molecule has 16 heavy (non-hydrogen) atoms. The average molecular weight is 237 g/mol. The Labute approximate surface area is 97.9 Å². The average Bonchev–Trinajstić information content (AvgIpc) is 2.35. The molecule has 0 N–H and O–H groups in total. The number of methoxy groups -OCH3 is 1. The van der Waals surface area contributed by atoms with Crippen LogP contribution >= 0.6 is 11.8 Å². The molecule has 1 rings (SSSR count). The Kier molecular flexibility index (Phi) is 5.29. The van der Waals surface area contributed by atoms with Crippen molar-refractivity contribution in [3.8, 4) is 6.07 Å². The molecule has 6 heteroatoms. The molecule has 0 bridgehead atoms. The summed E-state index contributed by atoms with van der Waals surface area (Å²) in [6.07, 6.45) is 4.14. The lowest BCUT2D eigenvalue weighted by molar-refractivity contribution is -0.140. The zero-order valence-electron chi connectivity index (χ0n) is 8.84. The van der Waals surface area contributed by atoms with Crippen molar-refractivity contribution in [1.29, 1.82) is 5.26 Å². The second-order valence-electron chi connectivity index (χ2n) is 2.88. The van der Waals surface area contributed by atoms with E-state index in [4.69, 9.17) is 5.26 Å². The van der Waals surface area contributed by atoms with E-state index in [1.165, 1.54) is 25.1 Å². The number of carbonyl (C=O) groups is 1. The quantitative estimate of drug-likeness (QED) is 0.437. The molecule has 1 aromatic heterocycles. The molecule has 84 valence electrons. The van der Waals surface area contributed by atoms with Gasteiger partial charge in [-0.05, 0) is 6.42 Å². The van der Waals surface area contributed by atoms with Crippen LogP contribution in [-0.2, 0) is 9.53 Å². The van der Waals surface area contributed by atoms with Gasteiger partial charge in [0, 0.05) is 12.2 Å². The van der Waals surface area contributed by atoms with Gasteiger partial charge in [0.25, 0.3) is 0 Å². The Morgan fingerprint density at radius 1 is 1.56 bits per heavy atom. The number of carbonyl (C=O) groups excluding carboxylic acids is 1. The molecular formula is C10H11N3O2S. The summed E-state index contributed by atoms with van der Waals surface area (Å²) in [5, 5.41) is 9.27. The first-order chi connectivity index (χ1) is 7.76. The fraction of sp³-hybridized carbons (Fsp3) is 0.400. The molecule has 0 aliphatic carbocycles. The maximum Gasteiger partial charge on any atom is 0.305 e. The molecule has 0 aromatic carbocycles. The van der Waals surface area contributed by atoms with Crippen LogP contribution in [0.5, 0.6) is 0 Å². The van der Waals surface area contributed by atoms with Crippen LogP contribution in [0.2, 0.25) is 0 Å². The highest BCUT2D eigenvalue weighted by Gasteiger charge is 2.01. The molecule has 0 fully saturated rings. The maximum absolute atomic E-state index is 10.8. The third kappa shape index (κ3) is 4.28. The fourth-order valence-corrected chi connectivity index (χ4v) is 1.70. The Morgan fingerprint density at radius 2 is 2.38 bits per heavy atom. The molecule has 0 spiro atoms. The minimum Gasteiger partial charge on any atom is -0.469 e. The Balaban J connectivity index is 2.27. The standard InChI is InChI=1S/C10H11N3O2S/c1-15-10(14)3-2-4-16-9-7-12-8(5-11)6-13-9/h6-7H,2-4H2,1H3. The number of hydrogen-bond acceptors (Lipinski definition) is 6. The largest absolute Gasteiger partial charge is 0.469 e. The van der Waals surface area contributed by atoms with E-state index in [9.17, 15) is 4.79 Å². The van der Waals surface area contributed by atoms with E-state index in [2.05, 4.69) is 14.7 Å². The molecule has 0 radical (unpaired) electrons. The highest BCUT2D eigenvalue weighted by atomic mass is 32.2. The van der Waals surface area contributed by atoms with E-state index >= 15 is 0 Å². The van der Waals surface area contributed by atoms with Crippen LogP contribution in [0, 0.1) is 11.3 Å². The third-order valence-electron chi connectivity index (χ3n) is 1.75. The summed E-state index contributed by atoms with van der Waals surface area (Å²) in [5.41, 5.74) is 0.305. The van der Waals surface area contributed by atoms with Gasteiger partial charge in [-0.2, -0.15) is 5.26 Å². The van der Waals surface area contributed by atoms with Gasteiger partial charge >= 0.3 is 5.97 Å². The number of rotatable bonds is 5. The second-order valence-corrected chi connectivity index (χ2v) is 4.00. The van der Waals surface area contributed by atoms with Crippen LogP contribution < -0.4 is 0 Å². The van der Waals surface area contributed by atoms with Crippen molar-refractivity contribution in [3.05, 3.63) is 18.1 Å². The monoisotopic (exact) mass is 237 g/mol. The number of ether oxygens (including phenoxy) is 1. The van der Waals surface area contributed by atoms with Crippen LogP contribution in [-0.4, -0.2) is 28.8 Å². The molecule has 5 nitrogen and oxygen atoms in total. The summed E-state index contributed by atoms with van der Waals surface area (Å²) in [5.74, 6) is 0.571. The summed E-state index contributed by atoms with van der Waals surface area (Å²) in [7, 11) is 1.38. The fourth-order valence-electron chi connectivity index (χ4n) is 0.944. The maximum atomic E-state index is 10.8. The molecule has 0 saturated carbocycles. The number of hydrogen-bond donors (Lipinski definition) is 0. The summed E-state index contributed by atoms with van der Waals surface area (Å²) < 4.78 is 4.52. The zero-order valence-corrected chi connectivity index (χ0v) is 9.66. The van der Waals surface area contributed by atoms with Gasteiger partial charge in [-0.3, -0.25) is 4.79 Å². The minimum absolute atomic E-state index is 0.202. The van der Waals surface area contributed by atoms with Crippen molar-refractivity contribution in [2.24, 2.45) is 0 Å². The number of nitrogens with zero attached hydrogens (tertiary/aromatic N) is 3. The van der Waals surface area contributed by atoms with Crippen molar-refractivity contribution >= 4 is 17.7 Å². The molecular weight excluding hydrogens is 226 g/mol. The van der Waals surface area contributed by atoms with E-state index in [1.807, 2.05) is 6.07 Å². The molecule has 0 aliphatic heterocycles. The first-order valence-electron chi connectivity index (χ1n) is 4.68. The number of aromatic nitrogens is 2. The predicted molar refractivity (Wildman–Crippen MR) is 58.7 cm³/mol. The van der Waals surface area contributed by atoms with Crippen LogP contribution in [0.15, 0.2) is 17.4 Å². The Bertz CT molecular complexity index is 386. The van der Waals surface area contributed by atoms with Gasteiger partial charge in [0.2, 0.25) is 0 Å². The first kappa shape index (κ1) is 12.5. The van der Waals surface area contributed by atoms with E-state index in [-0.39, 0.29) is 5.97 Å². The van der Waals surface area contributed by atoms with Gasteiger partial charge in [-0.15, -0.1) is 11.8 Å². The smallest absolute Gasteiger partial charge is 0.305 e. The predicted octanol–water partition coefficient (Wildman–Crippen LogP) is 1.39. The molecule has 0 saturated heterocycles. The van der Waals surface area contributed by atoms with Gasteiger partial charge in [-0.1, -0.05) is 0 Å². The van der Waals surface area contributed by atoms with Gasteiger partial charge < -0.3 is 4.74 Å². The van der Waals surface area contributed by atoms with Crippen molar-refractivity contribution in [2.75, 3.05) is 12.9 Å². The molecule has 0 amide bonds. The highest BCUT2D eigenvalue weighted by molar-refractivity contribution is 7.99. The van der Waals surface area contributed by atoms with Crippen LogP contribution in [0.4, 0.5) is 0 Å². The van der Waals surface area contributed by atoms with Gasteiger partial charge in [0.1, 0.15) is 11.1 Å². The van der Waals surface area contributed by atoms with Gasteiger partial charge in [-0.25, -0.2) is 9.97 Å². The van der Waals surface area contributed by atoms with Crippen LogP contribution in [0.1, 0.15) is 18.5 Å². The van der Waals surface area contributed by atoms with Crippen molar-refractivity contribution < 1.29 is 9.53 Å². The summed E-state index contributed by atoms with van der Waals surface area (Å²) in [6.45, 7) is 0. The lowest BCUT2D eigenvalue weighted by Gasteiger charge is -2.00. The van der Waals surface area contributed by atoms with Crippen molar-refractivity contribution in [1.82, 2.24) is 9.97 Å². The van der Waals surface area contributed by atoms with Gasteiger partial charge in [0.15, 0.2) is 5.69 Å². The Hall–Kier alpha value is -1.61. The minimum atomic E-state index is -0.202. The molecule has 1 aromatic rings. The normalized spacial score (nSPS) is 9.50. The SMILES string of the molecule is COC(=O)CCCSc1cnc(C#N)cn1. The lowest BCUT2D eigenvalue weighted by atomic mass is 10.3. The molecule has 0 aliphatic rings. The van der Waals surface area contributed by atoms with E-state index in [1.54, 1.807) is 6.20 Å². The number of nitriles is 1. The van der Waals surface area contributed by atoms with Crippen molar-refractivity contribution in [2.45, 2.75) is 17.9 Å². The van der Waals surface area contributed by atoms with E-state index in [0.29, 0.717) is 12.1 Å². The van der Waals surface area contributed by atoms with Crippen molar-refractivity contribution in [3.63, 3.8) is 0 Å². The number of thioether (sulfide) groups is 1. The topological polar surface area (TPSA) is 75.9 Å². The summed E-state index contributed by atoms with van der Waals surface area (Å²) in [4.78, 5) is 18.8. The highest BCUT2D eigenvalue weighted by Crippen LogP contribution is 2.15. The molecule has 1 heterocycles. The first-order valence-corrected chi connectivity index (χ1v) is 5.66. The van der Waals surface area contributed by atoms with E-state index < -0.39 is 0 Å². The van der Waals surface area contributed by atoms with E-state index in [0.717, 1.165) is 17.2 Å². The second kappa shape index (κ2) is 6.80. The van der Waals surface area contributed by atoms with Gasteiger partial charge in [0.05, 0.1) is 19.5 Å². The zero-order chi connectivity index (χ0) is 11.8. The van der Waals surface area contributed by atoms with Crippen LogP contribution in [0.3, 0.4) is 0 Å². The summed E-state index contributed by atoms with van der Waals surface area (Å²) >= 11 is 1.50. The third-order valence-corrected chi connectivity index (χ3v) is 2.74. The Morgan fingerprint density at radius 3 is 2.94 bits per heavy atom. The lowest BCUT2D eigenvalue weighted by Crippen LogP contribution is -2.00. The van der Waals surface area contributed by atoms with Crippen LogP contribution in [0.25, 0.3) is 0 Å². The molecule has 0 unspecified atom stereocenters.